The zero-order valence-electron chi connectivity index (χ0n) is 6.11. The number of hydrogen-bond donors (Lipinski definition) is 0. The van der Waals surface area contributed by atoms with Crippen LogP contribution in [0.15, 0.2) is 23.5 Å². The van der Waals surface area contributed by atoms with Crippen LogP contribution in [0, 0.1) is 0 Å². The normalized spacial score (nSPS) is 10.6. The highest BCUT2D eigenvalue weighted by molar-refractivity contribution is 5.76. The third-order valence-electron chi connectivity index (χ3n) is 1.27. The lowest BCUT2D eigenvalue weighted by molar-refractivity contribution is 0.215. The average Bonchev–Trinajstić information content (AvgIpc) is 2.31. The highest BCUT2D eigenvalue weighted by atomic mass is 16.6. The van der Waals surface area contributed by atoms with Gasteiger partial charge in [0.25, 0.3) is 0 Å². The van der Waals surface area contributed by atoms with Gasteiger partial charge in [0.1, 0.15) is 7.11 Å². The van der Waals surface area contributed by atoms with Crippen LogP contribution in [0.2, 0.25) is 0 Å². The minimum atomic E-state index is 1.03. The van der Waals surface area contributed by atoms with Gasteiger partial charge in [-0.2, -0.15) is 0 Å². The molecule has 0 aliphatic rings. The molecular formula is C7H10N2O. The topological polar surface area (TPSA) is 26.5 Å². The van der Waals surface area contributed by atoms with E-state index in [-0.39, 0.29) is 0 Å². The molecule has 1 aromatic heterocycles. The number of rotatable bonds is 2. The van der Waals surface area contributed by atoms with Gasteiger partial charge in [-0.3, -0.25) is 0 Å². The van der Waals surface area contributed by atoms with Crippen molar-refractivity contribution >= 4 is 6.21 Å². The number of hydrogen-bond acceptors (Lipinski definition) is 2. The highest BCUT2D eigenvalue weighted by Crippen LogP contribution is 1.94. The highest BCUT2D eigenvalue weighted by Gasteiger charge is 1.89. The largest absolute Gasteiger partial charge is 0.399 e. The first-order chi connectivity index (χ1) is 4.84. The molecule has 0 radical (unpaired) electrons. The van der Waals surface area contributed by atoms with Crippen molar-refractivity contribution in [3.05, 3.63) is 24.0 Å². The van der Waals surface area contributed by atoms with E-state index in [0.717, 1.165) is 5.69 Å². The van der Waals surface area contributed by atoms with E-state index in [1.807, 2.05) is 29.9 Å². The van der Waals surface area contributed by atoms with E-state index in [0.29, 0.717) is 0 Å². The molecule has 0 bridgehead atoms. The smallest absolute Gasteiger partial charge is 0.106 e. The maximum absolute atomic E-state index is 4.53. The molecule has 1 heterocycles. The summed E-state index contributed by atoms with van der Waals surface area (Å²) in [4.78, 5) is 4.53. The first-order valence-electron chi connectivity index (χ1n) is 3.02. The van der Waals surface area contributed by atoms with Crippen LogP contribution in [0.5, 0.6) is 0 Å². The van der Waals surface area contributed by atoms with Gasteiger partial charge < -0.3 is 9.40 Å². The van der Waals surface area contributed by atoms with E-state index in [4.69, 9.17) is 0 Å². The molecule has 0 unspecified atom stereocenters. The summed E-state index contributed by atoms with van der Waals surface area (Å²) in [7, 11) is 3.48. The van der Waals surface area contributed by atoms with E-state index in [1.165, 1.54) is 7.11 Å². The Balaban J connectivity index is 2.74. The minimum absolute atomic E-state index is 1.03. The first-order valence-corrected chi connectivity index (χ1v) is 3.02. The molecule has 0 atom stereocenters. The molecule has 3 heteroatoms. The summed E-state index contributed by atoms with van der Waals surface area (Å²) in [6.45, 7) is 0. The second-order valence-corrected chi connectivity index (χ2v) is 1.96. The maximum Gasteiger partial charge on any atom is 0.106 e. The molecule has 0 spiro atoms. The Kier molecular flexibility index (Phi) is 2.10. The third-order valence-corrected chi connectivity index (χ3v) is 1.27. The van der Waals surface area contributed by atoms with Crippen LogP contribution in [-0.4, -0.2) is 17.9 Å². The van der Waals surface area contributed by atoms with E-state index in [1.54, 1.807) is 6.21 Å². The maximum atomic E-state index is 4.53. The van der Waals surface area contributed by atoms with Crippen molar-refractivity contribution < 1.29 is 4.84 Å². The fourth-order valence-electron chi connectivity index (χ4n) is 0.715. The van der Waals surface area contributed by atoms with Gasteiger partial charge in [0.2, 0.25) is 0 Å². The van der Waals surface area contributed by atoms with Gasteiger partial charge in [-0.1, -0.05) is 5.16 Å². The van der Waals surface area contributed by atoms with Crippen molar-refractivity contribution in [2.75, 3.05) is 7.11 Å². The molecular weight excluding hydrogens is 128 g/mol. The molecule has 3 nitrogen and oxygen atoms in total. The summed E-state index contributed by atoms with van der Waals surface area (Å²) in [5, 5.41) is 3.63. The predicted octanol–water partition coefficient (Wildman–Crippen LogP) is 1.01. The molecule has 0 N–H and O–H groups in total. The van der Waals surface area contributed by atoms with E-state index in [2.05, 4.69) is 9.99 Å². The van der Waals surface area contributed by atoms with Crippen molar-refractivity contribution in [2.45, 2.75) is 0 Å². The molecule has 0 aromatic carbocycles. The molecule has 0 fully saturated rings. The summed E-state index contributed by atoms with van der Waals surface area (Å²) in [6, 6.07) is 3.92. The van der Waals surface area contributed by atoms with Crippen LogP contribution in [0.3, 0.4) is 0 Å². The fraction of sp³-hybridized carbons (Fsp3) is 0.286. The number of aromatic nitrogens is 1. The van der Waals surface area contributed by atoms with Gasteiger partial charge in [-0.25, -0.2) is 0 Å². The number of aryl methyl sites for hydroxylation is 1. The number of oxime groups is 1. The lowest BCUT2D eigenvalue weighted by Crippen LogP contribution is -1.92. The Labute approximate surface area is 59.9 Å². The Bertz CT molecular complexity index is 227. The van der Waals surface area contributed by atoms with Crippen molar-refractivity contribution in [1.29, 1.82) is 0 Å². The number of nitrogens with zero attached hydrogens (tertiary/aromatic N) is 2. The SMILES string of the molecule is CO/N=C/c1cccn1C. The van der Waals surface area contributed by atoms with Gasteiger partial charge in [-0.15, -0.1) is 0 Å². The lowest BCUT2D eigenvalue weighted by Gasteiger charge is -1.92. The standard InChI is InChI=1S/C7H10N2O/c1-9-5-3-4-7(9)6-8-10-2/h3-6H,1-2H3/b8-6+. The van der Waals surface area contributed by atoms with E-state index >= 15 is 0 Å². The second-order valence-electron chi connectivity index (χ2n) is 1.96. The van der Waals surface area contributed by atoms with Crippen molar-refractivity contribution in [2.24, 2.45) is 12.2 Å². The van der Waals surface area contributed by atoms with Crippen molar-refractivity contribution in [3.63, 3.8) is 0 Å². The van der Waals surface area contributed by atoms with Crippen LogP contribution in [0.1, 0.15) is 5.69 Å². The van der Waals surface area contributed by atoms with E-state index < -0.39 is 0 Å². The summed E-state index contributed by atoms with van der Waals surface area (Å²) >= 11 is 0. The summed E-state index contributed by atoms with van der Waals surface area (Å²) < 4.78 is 1.96. The van der Waals surface area contributed by atoms with Crippen LogP contribution in [-0.2, 0) is 11.9 Å². The van der Waals surface area contributed by atoms with Gasteiger partial charge >= 0.3 is 0 Å². The Morgan fingerprint density at radius 3 is 3.00 bits per heavy atom. The average molecular weight is 138 g/mol. The van der Waals surface area contributed by atoms with Crippen LogP contribution in [0.25, 0.3) is 0 Å². The molecule has 1 rings (SSSR count). The fourth-order valence-corrected chi connectivity index (χ4v) is 0.715. The van der Waals surface area contributed by atoms with Crippen LogP contribution in [0.4, 0.5) is 0 Å². The third kappa shape index (κ3) is 1.37. The Hall–Kier alpha value is -1.25. The van der Waals surface area contributed by atoms with E-state index in [9.17, 15) is 0 Å². The quantitative estimate of drug-likeness (QED) is 0.442. The lowest BCUT2D eigenvalue weighted by atomic mass is 10.5. The molecule has 1 aromatic rings. The summed E-state index contributed by atoms with van der Waals surface area (Å²) in [6.07, 6.45) is 3.62. The van der Waals surface area contributed by atoms with Gasteiger partial charge in [0.15, 0.2) is 0 Å². The minimum Gasteiger partial charge on any atom is -0.399 e. The molecule has 0 saturated heterocycles. The molecule has 10 heavy (non-hydrogen) atoms. The Morgan fingerprint density at radius 1 is 1.70 bits per heavy atom. The first kappa shape index (κ1) is 6.86. The predicted molar refractivity (Wildman–Crippen MR) is 40.0 cm³/mol. The molecule has 0 aliphatic heterocycles. The van der Waals surface area contributed by atoms with Gasteiger partial charge in [0, 0.05) is 13.2 Å². The van der Waals surface area contributed by atoms with Gasteiger partial charge in [-0.05, 0) is 12.1 Å². The van der Waals surface area contributed by atoms with Crippen LogP contribution >= 0.6 is 0 Å². The summed E-state index contributed by atoms with van der Waals surface area (Å²) in [5.74, 6) is 0. The zero-order valence-corrected chi connectivity index (χ0v) is 6.11. The Morgan fingerprint density at radius 2 is 2.50 bits per heavy atom. The van der Waals surface area contributed by atoms with Gasteiger partial charge in [0.05, 0.1) is 11.9 Å². The molecule has 0 saturated carbocycles. The molecule has 54 valence electrons. The zero-order chi connectivity index (χ0) is 7.40. The van der Waals surface area contributed by atoms with Crippen molar-refractivity contribution in [1.82, 2.24) is 4.57 Å². The molecule has 0 amide bonds. The van der Waals surface area contributed by atoms with Crippen molar-refractivity contribution in [3.8, 4) is 0 Å². The summed E-state index contributed by atoms with van der Waals surface area (Å²) in [5.41, 5.74) is 1.03. The molecule has 0 aliphatic carbocycles. The van der Waals surface area contributed by atoms with Crippen LogP contribution < -0.4 is 0 Å². The second kappa shape index (κ2) is 3.06. The monoisotopic (exact) mass is 138 g/mol.